The third-order valence-corrected chi connectivity index (χ3v) is 4.20. The van der Waals surface area contributed by atoms with Gasteiger partial charge in [0.15, 0.2) is 17.3 Å². The van der Waals surface area contributed by atoms with Crippen molar-refractivity contribution in [3.05, 3.63) is 71.7 Å². The van der Waals surface area contributed by atoms with Gasteiger partial charge in [-0.1, -0.05) is 48.5 Å². The fourth-order valence-electron chi connectivity index (χ4n) is 3.04. The van der Waals surface area contributed by atoms with E-state index in [-0.39, 0.29) is 11.9 Å². The van der Waals surface area contributed by atoms with Gasteiger partial charge in [-0.3, -0.25) is 4.79 Å². The number of aryl methyl sites for hydroxylation is 1. The van der Waals surface area contributed by atoms with Gasteiger partial charge in [0.25, 0.3) is 5.91 Å². The molecule has 1 aliphatic rings. The van der Waals surface area contributed by atoms with Crippen LogP contribution in [0, 0.1) is 6.92 Å². The van der Waals surface area contributed by atoms with Crippen LogP contribution in [0.1, 0.15) is 21.9 Å². The molecular formula is C20H18N2O3. The van der Waals surface area contributed by atoms with Crippen molar-refractivity contribution in [3.63, 3.8) is 0 Å². The second-order valence-electron chi connectivity index (χ2n) is 6.07. The molecule has 3 aromatic rings. The average molecular weight is 334 g/mol. The Hall–Kier alpha value is -3.08. The maximum atomic E-state index is 12.7. The van der Waals surface area contributed by atoms with Gasteiger partial charge in [-0.25, -0.2) is 4.98 Å². The van der Waals surface area contributed by atoms with Gasteiger partial charge in [-0.2, -0.15) is 0 Å². The van der Waals surface area contributed by atoms with Gasteiger partial charge in [0.05, 0.1) is 6.04 Å². The van der Waals surface area contributed by atoms with Crippen LogP contribution in [-0.4, -0.2) is 23.5 Å². The number of nitrogens with zero attached hydrogens (tertiary/aromatic N) is 1. The maximum absolute atomic E-state index is 12.7. The van der Waals surface area contributed by atoms with Gasteiger partial charge in [0, 0.05) is 12.5 Å². The van der Waals surface area contributed by atoms with Crippen LogP contribution < -0.4 is 10.1 Å². The molecule has 0 bridgehead atoms. The molecule has 2 heterocycles. The Balaban J connectivity index is 1.55. The Kier molecular flexibility index (Phi) is 3.98. The van der Waals surface area contributed by atoms with Crippen molar-refractivity contribution in [2.75, 3.05) is 6.61 Å². The first kappa shape index (κ1) is 15.4. The Morgan fingerprint density at radius 3 is 2.72 bits per heavy atom. The Labute approximate surface area is 145 Å². The molecule has 0 saturated heterocycles. The highest BCUT2D eigenvalue weighted by Gasteiger charge is 2.25. The number of fused-ring (bicyclic) bond motifs is 1. The number of carbonyl (C=O) groups is 1. The molecule has 1 N–H and O–H groups in total. The maximum Gasteiger partial charge on any atom is 0.274 e. The minimum absolute atomic E-state index is 0.0944. The summed E-state index contributed by atoms with van der Waals surface area (Å²) < 4.78 is 11.4. The molecule has 2 aromatic carbocycles. The van der Waals surface area contributed by atoms with Crippen molar-refractivity contribution < 1.29 is 13.9 Å². The van der Waals surface area contributed by atoms with Gasteiger partial charge in [0.2, 0.25) is 0 Å². The normalized spacial score (nSPS) is 16.0. The molecule has 5 heteroatoms. The number of para-hydroxylation sites is 1. The number of ether oxygens (including phenoxy) is 1. The topological polar surface area (TPSA) is 64.4 Å². The smallest absolute Gasteiger partial charge is 0.274 e. The highest BCUT2D eigenvalue weighted by Crippen LogP contribution is 2.26. The lowest BCUT2D eigenvalue weighted by atomic mass is 10.0. The molecule has 1 aromatic heterocycles. The zero-order valence-corrected chi connectivity index (χ0v) is 13.9. The van der Waals surface area contributed by atoms with Gasteiger partial charge >= 0.3 is 0 Å². The molecule has 0 saturated carbocycles. The van der Waals surface area contributed by atoms with E-state index in [0.29, 0.717) is 24.0 Å². The Morgan fingerprint density at radius 2 is 1.88 bits per heavy atom. The van der Waals surface area contributed by atoms with E-state index in [9.17, 15) is 4.79 Å². The number of aromatic nitrogens is 1. The highest BCUT2D eigenvalue weighted by atomic mass is 16.5. The minimum atomic E-state index is -0.247. The van der Waals surface area contributed by atoms with Crippen molar-refractivity contribution in [3.8, 4) is 17.1 Å². The summed E-state index contributed by atoms with van der Waals surface area (Å²) in [7, 11) is 0. The number of hydrogen-bond donors (Lipinski definition) is 1. The van der Waals surface area contributed by atoms with E-state index in [2.05, 4.69) is 10.3 Å². The minimum Gasteiger partial charge on any atom is -0.491 e. The summed E-state index contributed by atoms with van der Waals surface area (Å²) in [6.45, 7) is 2.18. The second kappa shape index (κ2) is 6.43. The molecule has 0 spiro atoms. The lowest BCUT2D eigenvalue weighted by Gasteiger charge is -2.25. The quantitative estimate of drug-likeness (QED) is 0.797. The van der Waals surface area contributed by atoms with Crippen LogP contribution in [0.5, 0.6) is 5.75 Å². The molecule has 1 aliphatic heterocycles. The second-order valence-corrected chi connectivity index (χ2v) is 6.07. The average Bonchev–Trinajstić information content (AvgIpc) is 3.04. The lowest BCUT2D eigenvalue weighted by molar-refractivity contribution is 0.0911. The SMILES string of the molecule is Cc1nc(C(=O)N[C@@H]2COc3ccccc3C2)c(-c2ccccc2)o1. The van der Waals surface area contributed by atoms with Crippen molar-refractivity contribution in [1.82, 2.24) is 10.3 Å². The van der Waals surface area contributed by atoms with Crippen LogP contribution in [-0.2, 0) is 6.42 Å². The molecule has 25 heavy (non-hydrogen) atoms. The Morgan fingerprint density at radius 1 is 1.12 bits per heavy atom. The lowest BCUT2D eigenvalue weighted by Crippen LogP contribution is -2.43. The largest absolute Gasteiger partial charge is 0.491 e. The van der Waals surface area contributed by atoms with Crippen LogP contribution in [0.3, 0.4) is 0 Å². The number of benzene rings is 2. The van der Waals surface area contributed by atoms with Crippen molar-refractivity contribution in [2.45, 2.75) is 19.4 Å². The zero-order chi connectivity index (χ0) is 17.2. The number of hydrogen-bond acceptors (Lipinski definition) is 4. The number of carbonyl (C=O) groups excluding carboxylic acids is 1. The molecule has 0 radical (unpaired) electrons. The molecule has 1 atom stereocenters. The van der Waals surface area contributed by atoms with E-state index in [1.54, 1.807) is 6.92 Å². The standard InChI is InChI=1S/C20H18N2O3/c1-13-21-18(19(25-13)14-7-3-2-4-8-14)20(23)22-16-11-15-9-5-6-10-17(15)24-12-16/h2-10,16H,11-12H2,1H3,(H,22,23)/t16-/m0/s1. The summed E-state index contributed by atoms with van der Waals surface area (Å²) in [5.41, 5.74) is 2.24. The third kappa shape index (κ3) is 3.13. The molecule has 0 unspecified atom stereocenters. The van der Waals surface area contributed by atoms with Crippen molar-refractivity contribution >= 4 is 5.91 Å². The molecule has 0 fully saturated rings. The van der Waals surface area contributed by atoms with E-state index in [1.807, 2.05) is 54.6 Å². The molecule has 126 valence electrons. The van der Waals surface area contributed by atoms with Gasteiger partial charge in [0.1, 0.15) is 12.4 Å². The number of amides is 1. The summed E-state index contributed by atoms with van der Waals surface area (Å²) in [5.74, 6) is 1.60. The number of nitrogens with one attached hydrogen (secondary N) is 1. The fraction of sp³-hybridized carbons (Fsp3) is 0.200. The molecular weight excluding hydrogens is 316 g/mol. The van der Waals surface area contributed by atoms with E-state index < -0.39 is 0 Å². The predicted octanol–water partition coefficient (Wildman–Crippen LogP) is 3.38. The van der Waals surface area contributed by atoms with E-state index in [4.69, 9.17) is 9.15 Å². The number of oxazole rings is 1. The van der Waals surface area contributed by atoms with Crippen LogP contribution in [0.25, 0.3) is 11.3 Å². The highest BCUT2D eigenvalue weighted by molar-refractivity contribution is 5.97. The predicted molar refractivity (Wildman–Crippen MR) is 93.6 cm³/mol. The Bertz CT molecular complexity index is 902. The molecule has 1 amide bonds. The summed E-state index contributed by atoms with van der Waals surface area (Å²) in [4.78, 5) is 17.0. The van der Waals surface area contributed by atoms with Crippen LogP contribution in [0.15, 0.2) is 59.0 Å². The zero-order valence-electron chi connectivity index (χ0n) is 13.9. The summed E-state index contributed by atoms with van der Waals surface area (Å²) >= 11 is 0. The van der Waals surface area contributed by atoms with E-state index >= 15 is 0 Å². The van der Waals surface area contributed by atoms with Crippen molar-refractivity contribution in [2.24, 2.45) is 0 Å². The molecule has 4 rings (SSSR count). The van der Waals surface area contributed by atoms with Gasteiger partial charge in [-0.05, 0) is 18.1 Å². The first-order valence-corrected chi connectivity index (χ1v) is 8.25. The molecule has 5 nitrogen and oxygen atoms in total. The summed E-state index contributed by atoms with van der Waals surface area (Å²) in [6.07, 6.45) is 0.736. The molecule has 0 aliphatic carbocycles. The van der Waals surface area contributed by atoms with Crippen LogP contribution in [0.4, 0.5) is 0 Å². The third-order valence-electron chi connectivity index (χ3n) is 4.20. The fourth-order valence-corrected chi connectivity index (χ4v) is 3.04. The number of rotatable bonds is 3. The summed E-state index contributed by atoms with van der Waals surface area (Å²) in [5, 5.41) is 3.01. The summed E-state index contributed by atoms with van der Waals surface area (Å²) in [6, 6.07) is 17.3. The first-order valence-electron chi connectivity index (χ1n) is 8.25. The monoisotopic (exact) mass is 334 g/mol. The van der Waals surface area contributed by atoms with Crippen LogP contribution in [0.2, 0.25) is 0 Å². The van der Waals surface area contributed by atoms with E-state index in [0.717, 1.165) is 23.3 Å². The van der Waals surface area contributed by atoms with Crippen molar-refractivity contribution in [1.29, 1.82) is 0 Å². The van der Waals surface area contributed by atoms with Gasteiger partial charge in [-0.15, -0.1) is 0 Å². The van der Waals surface area contributed by atoms with E-state index in [1.165, 1.54) is 0 Å². The van der Waals surface area contributed by atoms with Crippen LogP contribution >= 0.6 is 0 Å². The van der Waals surface area contributed by atoms with Gasteiger partial charge < -0.3 is 14.5 Å². The first-order chi connectivity index (χ1) is 12.2.